The summed E-state index contributed by atoms with van der Waals surface area (Å²) in [5, 5.41) is 3.60. The fraction of sp³-hybridized carbons (Fsp3) is 0.588. The molecule has 1 N–H and O–H groups in total. The van der Waals surface area contributed by atoms with Gasteiger partial charge in [-0.1, -0.05) is 43.7 Å². The number of benzene rings is 1. The van der Waals surface area contributed by atoms with Crippen molar-refractivity contribution in [2.75, 3.05) is 0 Å². The molecule has 0 aromatic heterocycles. The van der Waals surface area contributed by atoms with Crippen molar-refractivity contribution in [3.05, 3.63) is 35.4 Å². The molecule has 2 aliphatic rings. The molecule has 1 amide bonds. The highest BCUT2D eigenvalue weighted by atomic mass is 16.2. The highest BCUT2D eigenvalue weighted by Crippen LogP contribution is 2.47. The van der Waals surface area contributed by atoms with Crippen LogP contribution in [0.25, 0.3) is 0 Å². The molecule has 1 aliphatic carbocycles. The van der Waals surface area contributed by atoms with Gasteiger partial charge in [-0.05, 0) is 38.2 Å². The molecule has 3 heteroatoms. The van der Waals surface area contributed by atoms with Crippen LogP contribution in [0.2, 0.25) is 0 Å². The van der Waals surface area contributed by atoms with Crippen molar-refractivity contribution in [2.24, 2.45) is 5.92 Å². The molecular formula is C17H24N2O. The summed E-state index contributed by atoms with van der Waals surface area (Å²) in [5.74, 6) is 0.757. The topological polar surface area (TPSA) is 32.3 Å². The van der Waals surface area contributed by atoms with Crippen molar-refractivity contribution in [1.29, 1.82) is 0 Å². The number of aryl methyl sites for hydroxylation is 1. The molecule has 1 aromatic carbocycles. The van der Waals surface area contributed by atoms with Crippen LogP contribution in [0.3, 0.4) is 0 Å². The molecule has 20 heavy (non-hydrogen) atoms. The van der Waals surface area contributed by atoms with Gasteiger partial charge >= 0.3 is 0 Å². The Kier molecular flexibility index (Phi) is 3.13. The Balaban J connectivity index is 1.97. The molecule has 2 unspecified atom stereocenters. The van der Waals surface area contributed by atoms with Crippen LogP contribution in [0.1, 0.15) is 50.9 Å². The van der Waals surface area contributed by atoms with E-state index in [0.717, 1.165) is 12.8 Å². The molecule has 0 radical (unpaired) electrons. The summed E-state index contributed by atoms with van der Waals surface area (Å²) in [6.45, 7) is 8.63. The molecule has 108 valence electrons. The molecule has 2 fully saturated rings. The van der Waals surface area contributed by atoms with E-state index in [0.29, 0.717) is 11.8 Å². The molecule has 1 saturated carbocycles. The summed E-state index contributed by atoms with van der Waals surface area (Å²) < 4.78 is 0. The lowest BCUT2D eigenvalue weighted by atomic mass is 10.0. The normalized spacial score (nSPS) is 25.6. The number of hydrogen-bond acceptors (Lipinski definition) is 2. The summed E-state index contributed by atoms with van der Waals surface area (Å²) in [7, 11) is 0. The Hall–Kier alpha value is -1.35. The smallest absolute Gasteiger partial charge is 0.244 e. The van der Waals surface area contributed by atoms with Gasteiger partial charge in [0.2, 0.25) is 5.91 Å². The Bertz CT molecular complexity index is 534. The minimum absolute atomic E-state index is 0.0299. The largest absolute Gasteiger partial charge is 0.318 e. The maximum Gasteiger partial charge on any atom is 0.244 e. The molecule has 1 aliphatic heterocycles. The zero-order valence-electron chi connectivity index (χ0n) is 12.8. The lowest BCUT2D eigenvalue weighted by molar-refractivity contribution is -0.133. The first-order valence-electron chi connectivity index (χ1n) is 7.62. The van der Waals surface area contributed by atoms with E-state index in [-0.39, 0.29) is 17.7 Å². The monoisotopic (exact) mass is 272 g/mol. The van der Waals surface area contributed by atoms with E-state index >= 15 is 0 Å². The van der Waals surface area contributed by atoms with Gasteiger partial charge in [-0.2, -0.15) is 0 Å². The third-order valence-electron chi connectivity index (χ3n) is 4.85. The fourth-order valence-electron chi connectivity index (χ4n) is 3.07. The maximum absolute atomic E-state index is 12.8. The van der Waals surface area contributed by atoms with Gasteiger partial charge in [0, 0.05) is 6.04 Å². The third-order valence-corrected chi connectivity index (χ3v) is 4.85. The summed E-state index contributed by atoms with van der Waals surface area (Å²) >= 11 is 0. The average molecular weight is 272 g/mol. The Morgan fingerprint density at radius 1 is 1.30 bits per heavy atom. The van der Waals surface area contributed by atoms with Crippen molar-refractivity contribution in [2.45, 2.75) is 58.3 Å². The number of rotatable bonds is 3. The predicted molar refractivity (Wildman–Crippen MR) is 80.2 cm³/mol. The van der Waals surface area contributed by atoms with Crippen LogP contribution in [-0.4, -0.2) is 22.4 Å². The van der Waals surface area contributed by atoms with E-state index in [2.05, 4.69) is 62.2 Å². The lowest BCUT2D eigenvalue weighted by Gasteiger charge is -2.33. The summed E-state index contributed by atoms with van der Waals surface area (Å²) in [5.41, 5.74) is 2.19. The van der Waals surface area contributed by atoms with E-state index < -0.39 is 0 Å². The quantitative estimate of drug-likeness (QED) is 0.917. The Labute approximate surface area is 121 Å². The van der Waals surface area contributed by atoms with Crippen LogP contribution in [0.4, 0.5) is 0 Å². The average Bonchev–Trinajstić information content (AvgIpc) is 3.12. The number of amides is 1. The van der Waals surface area contributed by atoms with Gasteiger partial charge in [0.25, 0.3) is 0 Å². The van der Waals surface area contributed by atoms with E-state index in [4.69, 9.17) is 0 Å². The standard InChI is InChI=1S/C17H24N2O/c1-11(2)13(4)19-15(14-7-5-6-12(3)10-14)18-17(8-9-17)16(19)20/h5-7,10-11,13,15,18H,8-9H2,1-4H3. The first-order chi connectivity index (χ1) is 9.44. The van der Waals surface area contributed by atoms with Crippen LogP contribution < -0.4 is 5.32 Å². The second-order valence-corrected chi connectivity index (χ2v) is 6.74. The Morgan fingerprint density at radius 3 is 2.55 bits per heavy atom. The van der Waals surface area contributed by atoms with Crippen molar-refractivity contribution < 1.29 is 4.79 Å². The summed E-state index contributed by atoms with van der Waals surface area (Å²) in [6.07, 6.45) is 1.99. The van der Waals surface area contributed by atoms with E-state index in [1.807, 2.05) is 0 Å². The second kappa shape index (κ2) is 4.59. The molecular weight excluding hydrogens is 248 g/mol. The number of carbonyl (C=O) groups excluding carboxylic acids is 1. The van der Waals surface area contributed by atoms with Crippen LogP contribution >= 0.6 is 0 Å². The molecule has 1 spiro atoms. The lowest BCUT2D eigenvalue weighted by Crippen LogP contribution is -2.41. The SMILES string of the molecule is Cc1cccc(C2NC3(CC3)C(=O)N2C(C)C(C)C)c1. The van der Waals surface area contributed by atoms with Crippen molar-refractivity contribution >= 4 is 5.91 Å². The van der Waals surface area contributed by atoms with Gasteiger partial charge < -0.3 is 4.90 Å². The van der Waals surface area contributed by atoms with Crippen molar-refractivity contribution in [3.8, 4) is 0 Å². The second-order valence-electron chi connectivity index (χ2n) is 6.74. The molecule has 1 aromatic rings. The number of hydrogen-bond donors (Lipinski definition) is 1. The Morgan fingerprint density at radius 2 is 2.00 bits per heavy atom. The van der Waals surface area contributed by atoms with Gasteiger partial charge in [0.15, 0.2) is 0 Å². The van der Waals surface area contributed by atoms with Crippen LogP contribution in [0, 0.1) is 12.8 Å². The van der Waals surface area contributed by atoms with E-state index in [1.165, 1.54) is 11.1 Å². The molecule has 1 saturated heterocycles. The highest BCUT2D eigenvalue weighted by molar-refractivity contribution is 5.92. The van der Waals surface area contributed by atoms with Crippen molar-refractivity contribution in [1.82, 2.24) is 10.2 Å². The third kappa shape index (κ3) is 2.05. The maximum atomic E-state index is 12.8. The molecule has 1 heterocycles. The van der Waals surface area contributed by atoms with E-state index in [1.54, 1.807) is 0 Å². The van der Waals surface area contributed by atoms with Crippen LogP contribution in [-0.2, 0) is 4.79 Å². The fourth-order valence-corrected chi connectivity index (χ4v) is 3.07. The van der Waals surface area contributed by atoms with Gasteiger partial charge in [-0.3, -0.25) is 10.1 Å². The summed E-state index contributed by atoms with van der Waals surface area (Å²) in [4.78, 5) is 14.8. The minimum Gasteiger partial charge on any atom is -0.318 e. The first-order valence-corrected chi connectivity index (χ1v) is 7.62. The van der Waals surface area contributed by atoms with Crippen LogP contribution in [0.15, 0.2) is 24.3 Å². The van der Waals surface area contributed by atoms with Gasteiger partial charge in [0.1, 0.15) is 11.7 Å². The van der Waals surface area contributed by atoms with Crippen LogP contribution in [0.5, 0.6) is 0 Å². The van der Waals surface area contributed by atoms with E-state index in [9.17, 15) is 4.79 Å². The van der Waals surface area contributed by atoms with Gasteiger partial charge in [0.05, 0.1) is 0 Å². The molecule has 3 rings (SSSR count). The molecule has 3 nitrogen and oxygen atoms in total. The first kappa shape index (κ1) is 13.6. The minimum atomic E-state index is -0.252. The summed E-state index contributed by atoms with van der Waals surface area (Å²) in [6, 6.07) is 8.74. The van der Waals surface area contributed by atoms with Crippen molar-refractivity contribution in [3.63, 3.8) is 0 Å². The molecule has 2 atom stereocenters. The van der Waals surface area contributed by atoms with Gasteiger partial charge in [-0.25, -0.2) is 0 Å². The number of nitrogens with one attached hydrogen (secondary N) is 1. The highest BCUT2D eigenvalue weighted by Gasteiger charge is 2.60. The predicted octanol–water partition coefficient (Wildman–Crippen LogP) is 3.00. The zero-order valence-corrected chi connectivity index (χ0v) is 12.8. The number of carbonyl (C=O) groups is 1. The van der Waals surface area contributed by atoms with Gasteiger partial charge in [-0.15, -0.1) is 0 Å². The number of nitrogens with zero attached hydrogens (tertiary/aromatic N) is 1. The zero-order chi connectivity index (χ0) is 14.5. The molecule has 0 bridgehead atoms.